The van der Waals surface area contributed by atoms with Crippen LogP contribution in [0, 0.1) is 0 Å². The molecule has 2 rings (SSSR count). The third-order valence-electron chi connectivity index (χ3n) is 4.30. The molecule has 1 saturated heterocycles. The van der Waals surface area contributed by atoms with E-state index in [9.17, 15) is 4.79 Å². The smallest absolute Gasteiger partial charge is 0.303 e. The van der Waals surface area contributed by atoms with Crippen molar-refractivity contribution in [1.82, 2.24) is 0 Å². The zero-order valence-electron chi connectivity index (χ0n) is 13.9. The molecule has 0 radical (unpaired) electrons. The average Bonchev–Trinajstić information content (AvgIpc) is 2.59. The van der Waals surface area contributed by atoms with E-state index in [1.165, 1.54) is 19.3 Å². The largest absolute Gasteiger partial charge is 0.496 e. The van der Waals surface area contributed by atoms with Crippen LogP contribution in [0.3, 0.4) is 0 Å². The second kappa shape index (κ2) is 8.06. The molecule has 23 heavy (non-hydrogen) atoms. The number of rotatable bonds is 7. The van der Waals surface area contributed by atoms with Crippen LogP contribution in [-0.2, 0) is 4.79 Å². The van der Waals surface area contributed by atoms with Gasteiger partial charge in [0.15, 0.2) is 0 Å². The molecule has 1 aromatic rings. The van der Waals surface area contributed by atoms with E-state index in [0.717, 1.165) is 30.1 Å². The van der Waals surface area contributed by atoms with Crippen LogP contribution in [0.2, 0.25) is 0 Å². The van der Waals surface area contributed by atoms with Gasteiger partial charge in [-0.15, -0.1) is 0 Å². The molecule has 0 aliphatic carbocycles. The molecule has 0 aromatic heterocycles. The van der Waals surface area contributed by atoms with Crippen molar-refractivity contribution in [2.45, 2.75) is 38.1 Å². The van der Waals surface area contributed by atoms with Crippen molar-refractivity contribution in [2.75, 3.05) is 32.2 Å². The van der Waals surface area contributed by atoms with Crippen molar-refractivity contribution in [3.8, 4) is 11.5 Å². The number of hydrogen-bond donors (Lipinski definition) is 2. The average molecular weight is 322 g/mol. The number of nitrogens with zero attached hydrogens (tertiary/aromatic N) is 1. The summed E-state index contributed by atoms with van der Waals surface area (Å²) in [6.07, 6.45) is 3.99. The molecular weight excluding hydrogens is 296 g/mol. The van der Waals surface area contributed by atoms with Gasteiger partial charge < -0.3 is 25.2 Å². The number of carbonyl (C=O) groups is 1. The first-order chi connectivity index (χ1) is 11.1. The number of carboxylic acid groups (broad SMARTS) is 1. The Morgan fingerprint density at radius 3 is 2.43 bits per heavy atom. The van der Waals surface area contributed by atoms with Crippen molar-refractivity contribution in [2.24, 2.45) is 5.73 Å². The Morgan fingerprint density at radius 1 is 1.22 bits per heavy atom. The van der Waals surface area contributed by atoms with Gasteiger partial charge >= 0.3 is 5.97 Å². The van der Waals surface area contributed by atoms with Crippen molar-refractivity contribution in [3.05, 3.63) is 17.7 Å². The van der Waals surface area contributed by atoms with Crippen LogP contribution in [-0.4, -0.2) is 38.4 Å². The maximum Gasteiger partial charge on any atom is 0.303 e. The van der Waals surface area contributed by atoms with Crippen molar-refractivity contribution >= 4 is 11.7 Å². The molecule has 0 amide bonds. The molecule has 0 spiro atoms. The van der Waals surface area contributed by atoms with E-state index >= 15 is 0 Å². The standard InChI is InChI=1S/C17H26N2O4/c1-22-15-11-14(19-8-4-3-5-9-19)16(23-2)10-12(15)13(18)6-7-17(20)21/h10-11,13H,3-9,18H2,1-2H3,(H,20,21). The highest BCUT2D eigenvalue weighted by molar-refractivity contribution is 5.67. The van der Waals surface area contributed by atoms with Gasteiger partial charge in [0.2, 0.25) is 0 Å². The zero-order chi connectivity index (χ0) is 16.8. The monoisotopic (exact) mass is 322 g/mol. The van der Waals surface area contributed by atoms with Crippen LogP contribution in [0.1, 0.15) is 43.7 Å². The topological polar surface area (TPSA) is 85.0 Å². The maximum absolute atomic E-state index is 10.8. The molecule has 3 N–H and O–H groups in total. The number of carboxylic acids is 1. The molecule has 1 fully saturated rings. The van der Waals surface area contributed by atoms with Gasteiger partial charge in [0.05, 0.1) is 19.9 Å². The quantitative estimate of drug-likeness (QED) is 0.802. The highest BCUT2D eigenvalue weighted by Crippen LogP contribution is 2.39. The van der Waals surface area contributed by atoms with E-state index in [0.29, 0.717) is 12.2 Å². The highest BCUT2D eigenvalue weighted by atomic mass is 16.5. The summed E-state index contributed by atoms with van der Waals surface area (Å²) in [6.45, 7) is 2.01. The summed E-state index contributed by atoms with van der Waals surface area (Å²) in [5.41, 5.74) is 7.96. The number of benzene rings is 1. The molecule has 1 aliphatic heterocycles. The SMILES string of the molecule is COc1cc(N2CCCCC2)c(OC)cc1C(N)CCC(=O)O. The third-order valence-corrected chi connectivity index (χ3v) is 4.30. The Bertz CT molecular complexity index is 542. The van der Waals surface area contributed by atoms with E-state index in [-0.39, 0.29) is 6.42 Å². The summed E-state index contributed by atoms with van der Waals surface area (Å²) in [6, 6.07) is 3.44. The summed E-state index contributed by atoms with van der Waals surface area (Å²) in [7, 11) is 3.25. The Hall–Kier alpha value is -1.95. The second-order valence-corrected chi connectivity index (χ2v) is 5.85. The molecule has 1 unspecified atom stereocenters. The number of aliphatic carboxylic acids is 1. The number of methoxy groups -OCH3 is 2. The van der Waals surface area contributed by atoms with Crippen LogP contribution >= 0.6 is 0 Å². The predicted octanol–water partition coefficient (Wildman–Crippen LogP) is 2.56. The number of piperidine rings is 1. The summed E-state index contributed by atoms with van der Waals surface area (Å²) in [5.74, 6) is 0.592. The zero-order valence-corrected chi connectivity index (χ0v) is 13.9. The third kappa shape index (κ3) is 4.28. The molecule has 128 valence electrons. The summed E-state index contributed by atoms with van der Waals surface area (Å²) in [4.78, 5) is 13.1. The fraction of sp³-hybridized carbons (Fsp3) is 0.588. The number of ether oxygens (including phenoxy) is 2. The molecule has 0 saturated carbocycles. The Morgan fingerprint density at radius 2 is 1.87 bits per heavy atom. The number of nitrogens with two attached hydrogens (primary N) is 1. The summed E-state index contributed by atoms with van der Waals surface area (Å²) < 4.78 is 11.0. The van der Waals surface area contributed by atoms with Gasteiger partial charge in [-0.3, -0.25) is 4.79 Å². The highest BCUT2D eigenvalue weighted by Gasteiger charge is 2.21. The van der Waals surface area contributed by atoms with E-state index in [2.05, 4.69) is 4.90 Å². The van der Waals surface area contributed by atoms with Gasteiger partial charge in [0, 0.05) is 37.2 Å². The maximum atomic E-state index is 10.8. The minimum absolute atomic E-state index is 0.0283. The van der Waals surface area contributed by atoms with Crippen LogP contribution < -0.4 is 20.1 Å². The fourth-order valence-electron chi connectivity index (χ4n) is 3.01. The first-order valence-corrected chi connectivity index (χ1v) is 8.05. The Labute approximate surface area is 137 Å². The number of anilines is 1. The second-order valence-electron chi connectivity index (χ2n) is 5.85. The lowest BCUT2D eigenvalue weighted by Gasteiger charge is -2.31. The van der Waals surface area contributed by atoms with Crippen LogP contribution in [0.15, 0.2) is 12.1 Å². The first-order valence-electron chi connectivity index (χ1n) is 8.05. The summed E-state index contributed by atoms with van der Waals surface area (Å²) >= 11 is 0. The minimum Gasteiger partial charge on any atom is -0.496 e. The van der Waals surface area contributed by atoms with Crippen LogP contribution in [0.4, 0.5) is 5.69 Å². The lowest BCUT2D eigenvalue weighted by atomic mass is 10.00. The fourth-order valence-corrected chi connectivity index (χ4v) is 3.01. The van der Waals surface area contributed by atoms with Crippen molar-refractivity contribution in [1.29, 1.82) is 0 Å². The Balaban J connectivity index is 2.30. The molecule has 1 heterocycles. The van der Waals surface area contributed by atoms with Gasteiger partial charge in [-0.1, -0.05) is 0 Å². The molecule has 0 bridgehead atoms. The van der Waals surface area contributed by atoms with E-state index < -0.39 is 12.0 Å². The molecule has 1 aromatic carbocycles. The van der Waals surface area contributed by atoms with Crippen LogP contribution in [0.25, 0.3) is 0 Å². The molecule has 1 atom stereocenters. The van der Waals surface area contributed by atoms with Gasteiger partial charge in [-0.25, -0.2) is 0 Å². The predicted molar refractivity (Wildman–Crippen MR) is 89.4 cm³/mol. The van der Waals surface area contributed by atoms with Crippen LogP contribution in [0.5, 0.6) is 11.5 Å². The van der Waals surface area contributed by atoms with E-state index in [1.807, 2.05) is 12.1 Å². The van der Waals surface area contributed by atoms with E-state index in [1.54, 1.807) is 14.2 Å². The minimum atomic E-state index is -0.851. The normalized spacial score (nSPS) is 16.0. The van der Waals surface area contributed by atoms with Gasteiger partial charge in [0.1, 0.15) is 11.5 Å². The first kappa shape index (κ1) is 17.4. The molecule has 6 heteroatoms. The number of hydrogen-bond acceptors (Lipinski definition) is 5. The van der Waals surface area contributed by atoms with Gasteiger partial charge in [0.25, 0.3) is 0 Å². The van der Waals surface area contributed by atoms with Crippen molar-refractivity contribution in [3.63, 3.8) is 0 Å². The van der Waals surface area contributed by atoms with Gasteiger partial charge in [-0.2, -0.15) is 0 Å². The van der Waals surface area contributed by atoms with Gasteiger partial charge in [-0.05, 0) is 31.7 Å². The lowest BCUT2D eigenvalue weighted by molar-refractivity contribution is -0.137. The Kier molecular flexibility index (Phi) is 6.10. The lowest BCUT2D eigenvalue weighted by Crippen LogP contribution is -2.30. The summed E-state index contributed by atoms with van der Waals surface area (Å²) in [5, 5.41) is 8.83. The van der Waals surface area contributed by atoms with Crippen molar-refractivity contribution < 1.29 is 19.4 Å². The molecule has 1 aliphatic rings. The molecule has 6 nitrogen and oxygen atoms in total. The molecular formula is C17H26N2O4. The van der Waals surface area contributed by atoms with E-state index in [4.69, 9.17) is 20.3 Å².